The lowest BCUT2D eigenvalue weighted by Gasteiger charge is -2.02. The zero-order valence-corrected chi connectivity index (χ0v) is 10.2. The topological polar surface area (TPSA) is 63.6 Å². The molecule has 2 heterocycles. The summed E-state index contributed by atoms with van der Waals surface area (Å²) >= 11 is 3.45. The van der Waals surface area contributed by atoms with Crippen LogP contribution in [0.1, 0.15) is 0 Å². The Labute approximate surface area is 104 Å². The molecule has 2 aromatic heterocycles. The van der Waals surface area contributed by atoms with Crippen LogP contribution in [-0.4, -0.2) is 20.0 Å². The van der Waals surface area contributed by atoms with E-state index in [9.17, 15) is 4.79 Å². The minimum atomic E-state index is -0.284. The summed E-state index contributed by atoms with van der Waals surface area (Å²) in [7, 11) is 0. The van der Waals surface area contributed by atoms with Crippen molar-refractivity contribution in [2.75, 3.05) is 0 Å². The van der Waals surface area contributed by atoms with Crippen LogP contribution in [0, 0.1) is 0 Å². The number of benzene rings is 1. The van der Waals surface area contributed by atoms with Crippen molar-refractivity contribution >= 4 is 26.8 Å². The third kappa shape index (κ3) is 1.66. The van der Waals surface area contributed by atoms with Crippen LogP contribution < -0.4 is 5.56 Å². The fourth-order valence-corrected chi connectivity index (χ4v) is 2.10. The van der Waals surface area contributed by atoms with Gasteiger partial charge in [-0.1, -0.05) is 12.1 Å². The molecule has 1 N–H and O–H groups in total. The van der Waals surface area contributed by atoms with Gasteiger partial charge in [-0.25, -0.2) is 9.78 Å². The van der Waals surface area contributed by atoms with Crippen molar-refractivity contribution in [3.8, 4) is 5.69 Å². The molecule has 17 heavy (non-hydrogen) atoms. The van der Waals surface area contributed by atoms with Crippen molar-refractivity contribution in [1.29, 1.82) is 0 Å². The van der Waals surface area contributed by atoms with E-state index in [1.165, 1.54) is 0 Å². The number of hydrogen-bond acceptors (Lipinski definition) is 3. The Morgan fingerprint density at radius 3 is 2.88 bits per heavy atom. The summed E-state index contributed by atoms with van der Waals surface area (Å²) in [4.78, 5) is 11.5. The van der Waals surface area contributed by atoms with Crippen molar-refractivity contribution < 1.29 is 0 Å². The maximum Gasteiger partial charge on any atom is 0.292 e. The van der Waals surface area contributed by atoms with E-state index < -0.39 is 0 Å². The van der Waals surface area contributed by atoms with Gasteiger partial charge in [0.2, 0.25) is 0 Å². The molecular formula is C11H7BrN4O. The van der Waals surface area contributed by atoms with Crippen LogP contribution in [0.2, 0.25) is 0 Å². The average Bonchev–Trinajstić information content (AvgIpc) is 2.75. The first kappa shape index (κ1) is 10.2. The minimum Gasteiger partial charge on any atom is -0.265 e. The lowest BCUT2D eigenvalue weighted by Crippen LogP contribution is -2.07. The number of aromatic amines is 1. The largest absolute Gasteiger partial charge is 0.292 e. The van der Waals surface area contributed by atoms with Crippen LogP contribution in [0.4, 0.5) is 0 Å². The van der Waals surface area contributed by atoms with Crippen LogP contribution in [0.25, 0.3) is 16.6 Å². The Balaban J connectivity index is 2.30. The van der Waals surface area contributed by atoms with Gasteiger partial charge in [-0.15, -0.1) is 0 Å². The Bertz CT molecular complexity index is 746. The number of aromatic nitrogens is 4. The van der Waals surface area contributed by atoms with Gasteiger partial charge in [0, 0.05) is 16.1 Å². The van der Waals surface area contributed by atoms with E-state index in [2.05, 4.69) is 31.2 Å². The molecule has 0 saturated carbocycles. The average molecular weight is 291 g/mol. The first-order chi connectivity index (χ1) is 8.25. The van der Waals surface area contributed by atoms with E-state index in [4.69, 9.17) is 0 Å². The molecule has 0 unspecified atom stereocenters. The second-order valence-corrected chi connectivity index (χ2v) is 4.38. The number of para-hydroxylation sites is 1. The van der Waals surface area contributed by atoms with Crippen molar-refractivity contribution in [2.45, 2.75) is 0 Å². The van der Waals surface area contributed by atoms with Crippen LogP contribution in [0.15, 0.2) is 45.9 Å². The molecule has 6 heteroatoms. The number of halogens is 1. The summed E-state index contributed by atoms with van der Waals surface area (Å²) in [6.07, 6.45) is 3.36. The van der Waals surface area contributed by atoms with E-state index in [0.29, 0.717) is 10.9 Å². The zero-order valence-electron chi connectivity index (χ0n) is 8.59. The molecule has 3 aromatic rings. The minimum absolute atomic E-state index is 0.284. The molecular weight excluding hydrogens is 284 g/mol. The Kier molecular flexibility index (Phi) is 2.29. The Morgan fingerprint density at radius 1 is 1.29 bits per heavy atom. The van der Waals surface area contributed by atoms with E-state index in [-0.39, 0.29) is 5.56 Å². The van der Waals surface area contributed by atoms with Crippen molar-refractivity contribution in [2.24, 2.45) is 0 Å². The maximum absolute atomic E-state index is 11.5. The zero-order chi connectivity index (χ0) is 11.8. The highest BCUT2D eigenvalue weighted by Crippen LogP contribution is 2.20. The van der Waals surface area contributed by atoms with E-state index in [1.807, 2.05) is 24.3 Å². The van der Waals surface area contributed by atoms with Crippen molar-refractivity contribution in [3.63, 3.8) is 0 Å². The maximum atomic E-state index is 11.5. The van der Waals surface area contributed by atoms with E-state index in [1.54, 1.807) is 17.1 Å². The number of nitrogens with one attached hydrogen (secondary N) is 1. The second kappa shape index (κ2) is 3.81. The van der Waals surface area contributed by atoms with Gasteiger partial charge in [-0.05, 0) is 28.1 Å². The van der Waals surface area contributed by atoms with Crippen molar-refractivity contribution in [3.05, 3.63) is 51.5 Å². The molecule has 3 rings (SSSR count). The Morgan fingerprint density at radius 2 is 2.12 bits per heavy atom. The van der Waals surface area contributed by atoms with Gasteiger partial charge in [0.05, 0.1) is 11.9 Å². The quantitative estimate of drug-likeness (QED) is 0.744. The van der Waals surface area contributed by atoms with Gasteiger partial charge in [-0.3, -0.25) is 4.79 Å². The lowest BCUT2D eigenvalue weighted by molar-refractivity contribution is 0.887. The van der Waals surface area contributed by atoms with Gasteiger partial charge in [0.25, 0.3) is 5.56 Å². The molecule has 0 spiro atoms. The van der Waals surface area contributed by atoms with E-state index in [0.717, 1.165) is 10.2 Å². The third-order valence-electron chi connectivity index (χ3n) is 2.43. The van der Waals surface area contributed by atoms with Gasteiger partial charge >= 0.3 is 0 Å². The van der Waals surface area contributed by atoms with E-state index >= 15 is 0 Å². The molecule has 0 atom stereocenters. The molecule has 0 aliphatic rings. The summed E-state index contributed by atoms with van der Waals surface area (Å²) in [5.41, 5.74) is 0.979. The number of nitrogens with zero attached hydrogens (tertiary/aromatic N) is 3. The summed E-state index contributed by atoms with van der Waals surface area (Å²) in [6.45, 7) is 0. The van der Waals surface area contributed by atoms with Crippen molar-refractivity contribution in [1.82, 2.24) is 20.0 Å². The molecule has 84 valence electrons. The summed E-state index contributed by atoms with van der Waals surface area (Å²) < 4.78 is 2.57. The smallest absolute Gasteiger partial charge is 0.265 e. The monoisotopic (exact) mass is 290 g/mol. The first-order valence-electron chi connectivity index (χ1n) is 4.94. The third-order valence-corrected chi connectivity index (χ3v) is 3.10. The molecule has 0 saturated heterocycles. The van der Waals surface area contributed by atoms with Crippen LogP contribution >= 0.6 is 15.9 Å². The molecule has 0 fully saturated rings. The number of fused-ring (bicyclic) bond motifs is 1. The summed E-state index contributed by atoms with van der Waals surface area (Å²) in [5.74, 6) is 0. The van der Waals surface area contributed by atoms with Crippen LogP contribution in [0.3, 0.4) is 0 Å². The SMILES string of the molecule is O=c1[nH]ncc2cn(-c3ccccc3Br)nc12. The fourth-order valence-electron chi connectivity index (χ4n) is 1.63. The first-order valence-corrected chi connectivity index (χ1v) is 5.73. The molecule has 0 amide bonds. The molecule has 0 aliphatic heterocycles. The standard InChI is InChI=1S/C11H7BrN4O/c12-8-3-1-2-4-9(8)16-6-7-5-13-14-11(17)10(7)15-16/h1-6H,(H,14,17). The molecule has 0 radical (unpaired) electrons. The highest BCUT2D eigenvalue weighted by atomic mass is 79.9. The predicted octanol–water partition coefficient (Wildman–Crippen LogP) is 1.87. The lowest BCUT2D eigenvalue weighted by atomic mass is 10.3. The number of rotatable bonds is 1. The summed E-state index contributed by atoms with van der Waals surface area (Å²) in [5, 5.41) is 11.1. The van der Waals surface area contributed by atoms with Gasteiger partial charge in [0.15, 0.2) is 5.52 Å². The highest BCUT2D eigenvalue weighted by molar-refractivity contribution is 9.10. The molecule has 1 aromatic carbocycles. The number of hydrogen-bond donors (Lipinski definition) is 1. The fraction of sp³-hybridized carbons (Fsp3) is 0. The van der Waals surface area contributed by atoms with Crippen LogP contribution in [0.5, 0.6) is 0 Å². The normalized spacial score (nSPS) is 10.9. The Hall–Kier alpha value is -1.95. The van der Waals surface area contributed by atoms with Gasteiger partial charge in [0.1, 0.15) is 0 Å². The molecule has 0 bridgehead atoms. The summed E-state index contributed by atoms with van der Waals surface area (Å²) in [6, 6.07) is 7.67. The predicted molar refractivity (Wildman–Crippen MR) is 67.2 cm³/mol. The highest BCUT2D eigenvalue weighted by Gasteiger charge is 2.07. The second-order valence-electron chi connectivity index (χ2n) is 3.53. The molecule has 0 aliphatic carbocycles. The van der Waals surface area contributed by atoms with Gasteiger partial charge < -0.3 is 0 Å². The number of H-pyrrole nitrogens is 1. The molecule has 5 nitrogen and oxygen atoms in total. The van der Waals surface area contributed by atoms with Crippen LogP contribution in [-0.2, 0) is 0 Å². The van der Waals surface area contributed by atoms with Gasteiger partial charge in [-0.2, -0.15) is 10.2 Å².